The van der Waals surface area contributed by atoms with Gasteiger partial charge in [0.2, 0.25) is 0 Å². The first-order valence-electron chi connectivity index (χ1n) is 7.47. The van der Waals surface area contributed by atoms with Crippen LogP contribution >= 0.6 is 11.6 Å². The van der Waals surface area contributed by atoms with Gasteiger partial charge in [0.25, 0.3) is 5.91 Å². The van der Waals surface area contributed by atoms with Crippen molar-refractivity contribution in [3.8, 4) is 5.75 Å². The predicted octanol–water partition coefficient (Wildman–Crippen LogP) is 2.91. The summed E-state index contributed by atoms with van der Waals surface area (Å²) in [5, 5.41) is 3.62. The van der Waals surface area contributed by atoms with E-state index in [-0.39, 0.29) is 11.9 Å². The molecule has 1 rings (SSSR count). The number of hydrogen-bond donors (Lipinski definition) is 2. The van der Waals surface area contributed by atoms with Crippen LogP contribution in [-0.4, -0.2) is 24.6 Å². The van der Waals surface area contributed by atoms with Crippen LogP contribution in [0.5, 0.6) is 5.75 Å². The van der Waals surface area contributed by atoms with Gasteiger partial charge in [-0.2, -0.15) is 0 Å². The standard InChI is InChI=1S/C16H25ClN2O2/c1-4-14(5-2)19-16(20)11(3)21-15-7-6-13(17)10-12(15)8-9-18/h6-7,10-11,14H,4-5,8-9,18H2,1-3H3,(H,19,20). The zero-order chi connectivity index (χ0) is 15.8. The minimum absolute atomic E-state index is 0.0997. The molecule has 0 saturated heterocycles. The van der Waals surface area contributed by atoms with Crippen molar-refractivity contribution >= 4 is 17.5 Å². The van der Waals surface area contributed by atoms with E-state index in [0.717, 1.165) is 18.4 Å². The Labute approximate surface area is 132 Å². The molecule has 0 radical (unpaired) electrons. The lowest BCUT2D eigenvalue weighted by molar-refractivity contribution is -0.128. The van der Waals surface area contributed by atoms with Gasteiger partial charge in [-0.25, -0.2) is 0 Å². The lowest BCUT2D eigenvalue weighted by Gasteiger charge is -2.20. The number of carbonyl (C=O) groups is 1. The molecule has 1 amide bonds. The zero-order valence-electron chi connectivity index (χ0n) is 13.0. The van der Waals surface area contributed by atoms with E-state index in [1.807, 2.05) is 6.07 Å². The van der Waals surface area contributed by atoms with Crippen molar-refractivity contribution in [3.63, 3.8) is 0 Å². The minimum Gasteiger partial charge on any atom is -0.481 e. The van der Waals surface area contributed by atoms with Crippen LogP contribution in [0.2, 0.25) is 5.02 Å². The summed E-state index contributed by atoms with van der Waals surface area (Å²) >= 11 is 5.98. The Morgan fingerprint density at radius 1 is 1.38 bits per heavy atom. The average molecular weight is 313 g/mol. The molecular formula is C16H25ClN2O2. The maximum atomic E-state index is 12.1. The fourth-order valence-electron chi connectivity index (χ4n) is 2.07. The van der Waals surface area contributed by atoms with Gasteiger partial charge in [-0.15, -0.1) is 0 Å². The lowest BCUT2D eigenvalue weighted by atomic mass is 10.1. The largest absolute Gasteiger partial charge is 0.481 e. The van der Waals surface area contributed by atoms with Gasteiger partial charge in [0, 0.05) is 11.1 Å². The van der Waals surface area contributed by atoms with E-state index >= 15 is 0 Å². The number of nitrogens with one attached hydrogen (secondary N) is 1. The number of rotatable bonds is 8. The second-order valence-corrected chi connectivity index (χ2v) is 5.51. The first-order chi connectivity index (χ1) is 10.0. The summed E-state index contributed by atoms with van der Waals surface area (Å²) < 4.78 is 5.78. The van der Waals surface area contributed by atoms with E-state index in [1.165, 1.54) is 0 Å². The van der Waals surface area contributed by atoms with E-state index in [4.69, 9.17) is 22.1 Å². The maximum absolute atomic E-state index is 12.1. The zero-order valence-corrected chi connectivity index (χ0v) is 13.7. The van der Waals surface area contributed by atoms with Crippen LogP contribution in [0, 0.1) is 0 Å². The Hall–Kier alpha value is -1.26. The molecule has 5 heteroatoms. The molecule has 0 spiro atoms. The highest BCUT2D eigenvalue weighted by molar-refractivity contribution is 6.30. The molecule has 118 valence electrons. The van der Waals surface area contributed by atoms with Crippen molar-refractivity contribution in [3.05, 3.63) is 28.8 Å². The number of hydrogen-bond acceptors (Lipinski definition) is 3. The maximum Gasteiger partial charge on any atom is 0.260 e. The Balaban J connectivity index is 2.73. The molecule has 3 N–H and O–H groups in total. The third kappa shape index (κ3) is 5.56. The predicted molar refractivity (Wildman–Crippen MR) is 86.8 cm³/mol. The molecule has 0 bridgehead atoms. The normalized spacial score (nSPS) is 12.3. The monoisotopic (exact) mass is 312 g/mol. The summed E-state index contributed by atoms with van der Waals surface area (Å²) in [4.78, 5) is 12.1. The lowest BCUT2D eigenvalue weighted by Crippen LogP contribution is -2.42. The van der Waals surface area contributed by atoms with E-state index in [1.54, 1.807) is 19.1 Å². The van der Waals surface area contributed by atoms with Crippen molar-refractivity contribution in [1.82, 2.24) is 5.32 Å². The Kier molecular flexibility index (Phi) is 7.54. The van der Waals surface area contributed by atoms with Crippen molar-refractivity contribution in [2.75, 3.05) is 6.54 Å². The first kappa shape index (κ1) is 17.8. The van der Waals surface area contributed by atoms with Gasteiger partial charge in [0.15, 0.2) is 6.10 Å². The molecule has 0 saturated carbocycles. The molecule has 0 aromatic heterocycles. The molecule has 21 heavy (non-hydrogen) atoms. The van der Waals surface area contributed by atoms with Crippen LogP contribution in [-0.2, 0) is 11.2 Å². The molecule has 4 nitrogen and oxygen atoms in total. The molecule has 0 aliphatic heterocycles. The molecule has 1 aromatic rings. The summed E-state index contributed by atoms with van der Waals surface area (Å²) in [5.74, 6) is 0.564. The Morgan fingerprint density at radius 2 is 2.05 bits per heavy atom. The van der Waals surface area contributed by atoms with Crippen LogP contribution in [0.1, 0.15) is 39.2 Å². The van der Waals surface area contributed by atoms with E-state index < -0.39 is 6.10 Å². The third-order valence-corrected chi connectivity index (χ3v) is 3.68. The number of ether oxygens (including phenoxy) is 1. The molecule has 1 unspecified atom stereocenters. The number of carbonyl (C=O) groups excluding carboxylic acids is 1. The van der Waals surface area contributed by atoms with Crippen LogP contribution < -0.4 is 15.8 Å². The second-order valence-electron chi connectivity index (χ2n) is 5.07. The Bertz CT molecular complexity index is 462. The van der Waals surface area contributed by atoms with Gasteiger partial charge in [-0.3, -0.25) is 4.79 Å². The summed E-state index contributed by atoms with van der Waals surface area (Å²) in [6.45, 7) is 6.36. The van der Waals surface area contributed by atoms with Crippen molar-refractivity contribution < 1.29 is 9.53 Å². The molecule has 1 atom stereocenters. The van der Waals surface area contributed by atoms with Crippen molar-refractivity contribution in [2.45, 2.75) is 52.2 Å². The van der Waals surface area contributed by atoms with Gasteiger partial charge >= 0.3 is 0 Å². The molecule has 0 aliphatic rings. The van der Waals surface area contributed by atoms with E-state index in [0.29, 0.717) is 23.7 Å². The molecule has 0 fully saturated rings. The van der Waals surface area contributed by atoms with Gasteiger partial charge < -0.3 is 15.8 Å². The summed E-state index contributed by atoms with van der Waals surface area (Å²) in [6.07, 6.45) is 1.93. The van der Waals surface area contributed by atoms with Crippen molar-refractivity contribution in [1.29, 1.82) is 0 Å². The Morgan fingerprint density at radius 3 is 2.62 bits per heavy atom. The highest BCUT2D eigenvalue weighted by atomic mass is 35.5. The molecule has 0 heterocycles. The van der Waals surface area contributed by atoms with Crippen LogP contribution in [0.4, 0.5) is 0 Å². The fourth-order valence-corrected chi connectivity index (χ4v) is 2.26. The smallest absolute Gasteiger partial charge is 0.260 e. The summed E-state index contributed by atoms with van der Waals surface area (Å²) in [6, 6.07) is 5.56. The van der Waals surface area contributed by atoms with Gasteiger partial charge in [-0.1, -0.05) is 25.4 Å². The van der Waals surface area contributed by atoms with E-state index in [9.17, 15) is 4.79 Å². The molecule has 0 aliphatic carbocycles. The third-order valence-electron chi connectivity index (χ3n) is 3.44. The topological polar surface area (TPSA) is 64.3 Å². The average Bonchev–Trinajstić information content (AvgIpc) is 2.47. The van der Waals surface area contributed by atoms with Crippen LogP contribution in [0.25, 0.3) is 0 Å². The summed E-state index contributed by atoms with van der Waals surface area (Å²) in [5.41, 5.74) is 6.52. The van der Waals surface area contributed by atoms with E-state index in [2.05, 4.69) is 19.2 Å². The highest BCUT2D eigenvalue weighted by Gasteiger charge is 2.18. The molecular weight excluding hydrogens is 288 g/mol. The van der Waals surface area contributed by atoms with Crippen LogP contribution in [0.15, 0.2) is 18.2 Å². The molecule has 1 aromatic carbocycles. The van der Waals surface area contributed by atoms with Gasteiger partial charge in [0.1, 0.15) is 5.75 Å². The highest BCUT2D eigenvalue weighted by Crippen LogP contribution is 2.24. The quantitative estimate of drug-likeness (QED) is 0.775. The van der Waals surface area contributed by atoms with Crippen molar-refractivity contribution in [2.24, 2.45) is 5.73 Å². The number of halogens is 1. The SMILES string of the molecule is CCC(CC)NC(=O)C(C)Oc1ccc(Cl)cc1CCN. The number of nitrogens with two attached hydrogens (primary N) is 1. The van der Waals surface area contributed by atoms with Crippen LogP contribution in [0.3, 0.4) is 0 Å². The fraction of sp³-hybridized carbons (Fsp3) is 0.562. The number of amides is 1. The summed E-state index contributed by atoms with van der Waals surface area (Å²) in [7, 11) is 0. The number of benzene rings is 1. The van der Waals surface area contributed by atoms with Gasteiger partial charge in [-0.05, 0) is 56.5 Å². The first-order valence-corrected chi connectivity index (χ1v) is 7.85. The second kappa shape index (κ2) is 8.90. The minimum atomic E-state index is -0.552. The van der Waals surface area contributed by atoms with Gasteiger partial charge in [0.05, 0.1) is 0 Å².